The maximum Gasteiger partial charge on any atom is 0.185 e. The lowest BCUT2D eigenvalue weighted by molar-refractivity contribution is -0.829. The standard InChI is InChI=1S/C23H45N2O.C2H4O2/c1-2-3-4-5-6-7-8-9-10-11-12-13-14-15-16-17-19-25(21-22-26)20-18-24-23-25;1-2(3)4/h9-10,23,26H,2-8,11-22H2,1H3;1H3,(H,3,4)/q+1;/p-1. The molecule has 176 valence electrons. The SMILES string of the molecule is CC(=O)[O-].CCCCCCCCC=CCCCCCCCC[N+]1(CCO)C=NCC1. The van der Waals surface area contributed by atoms with Gasteiger partial charge in [0.05, 0.1) is 19.7 Å². The van der Waals surface area contributed by atoms with Crippen LogP contribution in [-0.2, 0) is 4.79 Å². The molecule has 1 rings (SSSR count). The quantitative estimate of drug-likeness (QED) is 0.198. The van der Waals surface area contributed by atoms with Gasteiger partial charge in [-0.15, -0.1) is 0 Å². The van der Waals surface area contributed by atoms with Gasteiger partial charge in [-0.1, -0.05) is 70.4 Å². The van der Waals surface area contributed by atoms with Gasteiger partial charge in [0.1, 0.15) is 13.1 Å². The fraction of sp³-hybridized carbons (Fsp3) is 0.840. The maximum absolute atomic E-state index is 9.24. The third kappa shape index (κ3) is 18.8. The van der Waals surface area contributed by atoms with Gasteiger partial charge in [-0.05, 0) is 45.4 Å². The van der Waals surface area contributed by atoms with Gasteiger partial charge in [-0.2, -0.15) is 0 Å². The van der Waals surface area contributed by atoms with Gasteiger partial charge in [0, 0.05) is 5.97 Å². The molecule has 5 nitrogen and oxygen atoms in total. The molecule has 0 saturated heterocycles. The predicted molar refractivity (Wildman–Crippen MR) is 125 cm³/mol. The van der Waals surface area contributed by atoms with Gasteiger partial charge in [0.2, 0.25) is 0 Å². The number of aliphatic hydroxyl groups is 1. The minimum Gasteiger partial charge on any atom is -0.550 e. The van der Waals surface area contributed by atoms with Gasteiger partial charge < -0.3 is 15.0 Å². The summed E-state index contributed by atoms with van der Waals surface area (Å²) in [7, 11) is 0. The van der Waals surface area contributed by atoms with E-state index in [-0.39, 0.29) is 6.61 Å². The third-order valence-electron chi connectivity index (χ3n) is 5.66. The molecule has 1 N–H and O–H groups in total. The van der Waals surface area contributed by atoms with E-state index in [9.17, 15) is 5.11 Å². The number of aliphatic hydroxyl groups excluding tert-OH is 1. The van der Waals surface area contributed by atoms with Crippen LogP contribution in [0.1, 0.15) is 104 Å². The van der Waals surface area contributed by atoms with Gasteiger partial charge in [-0.25, -0.2) is 4.99 Å². The van der Waals surface area contributed by atoms with Crippen molar-refractivity contribution in [2.75, 3.05) is 32.8 Å². The summed E-state index contributed by atoms with van der Waals surface area (Å²) < 4.78 is 0.917. The Morgan fingerprint density at radius 1 is 0.933 bits per heavy atom. The van der Waals surface area contributed by atoms with Gasteiger partial charge in [0.15, 0.2) is 6.34 Å². The Morgan fingerprint density at radius 3 is 1.90 bits per heavy atom. The summed E-state index contributed by atoms with van der Waals surface area (Å²) >= 11 is 0. The number of carbonyl (C=O) groups is 1. The van der Waals surface area contributed by atoms with E-state index in [1.807, 2.05) is 0 Å². The number of carboxylic acid groups (broad SMARTS) is 1. The minimum absolute atomic E-state index is 0.276. The zero-order valence-corrected chi connectivity index (χ0v) is 19.8. The molecule has 0 spiro atoms. The second kappa shape index (κ2) is 21.0. The van der Waals surface area contributed by atoms with Crippen molar-refractivity contribution in [1.29, 1.82) is 0 Å². The maximum atomic E-state index is 9.24. The Balaban J connectivity index is 0.00000192. The first kappa shape index (κ1) is 28.8. The number of hydrogen-bond donors (Lipinski definition) is 1. The Bertz CT molecular complexity index is 448. The zero-order chi connectivity index (χ0) is 22.3. The van der Waals surface area contributed by atoms with E-state index in [0.29, 0.717) is 0 Å². The zero-order valence-electron chi connectivity index (χ0n) is 19.8. The molecule has 30 heavy (non-hydrogen) atoms. The number of aliphatic carboxylic acids is 1. The minimum atomic E-state index is -1.08. The number of rotatable bonds is 18. The fourth-order valence-corrected chi connectivity index (χ4v) is 3.87. The molecule has 1 aliphatic heterocycles. The summed E-state index contributed by atoms with van der Waals surface area (Å²) in [6, 6.07) is 0. The molecule has 1 heterocycles. The van der Waals surface area contributed by atoms with Crippen LogP contribution in [0.5, 0.6) is 0 Å². The van der Waals surface area contributed by atoms with Crippen LogP contribution in [0.3, 0.4) is 0 Å². The van der Waals surface area contributed by atoms with Crippen LogP contribution in [-0.4, -0.2) is 54.7 Å². The van der Waals surface area contributed by atoms with E-state index < -0.39 is 5.97 Å². The molecule has 1 atom stereocenters. The second-order valence-electron chi connectivity index (χ2n) is 8.56. The molecule has 0 fully saturated rings. The topological polar surface area (TPSA) is 72.7 Å². The molecule has 5 heteroatoms. The Hall–Kier alpha value is -1.20. The second-order valence-corrected chi connectivity index (χ2v) is 8.56. The average molecular weight is 425 g/mol. The molecule has 0 amide bonds. The highest BCUT2D eigenvalue weighted by Gasteiger charge is 2.27. The first-order valence-electron chi connectivity index (χ1n) is 12.4. The van der Waals surface area contributed by atoms with E-state index in [0.717, 1.165) is 37.6 Å². The monoisotopic (exact) mass is 424 g/mol. The molecule has 1 aliphatic rings. The highest BCUT2D eigenvalue weighted by atomic mass is 16.4. The number of carboxylic acids is 1. The number of unbranched alkanes of at least 4 members (excludes halogenated alkanes) is 12. The largest absolute Gasteiger partial charge is 0.550 e. The summed E-state index contributed by atoms with van der Waals surface area (Å²) in [6.07, 6.45) is 25.9. The smallest absolute Gasteiger partial charge is 0.185 e. The van der Waals surface area contributed by atoms with E-state index in [1.54, 1.807) is 0 Å². The van der Waals surface area contributed by atoms with E-state index in [1.165, 1.54) is 89.9 Å². The van der Waals surface area contributed by atoms with Crippen molar-refractivity contribution < 1.29 is 19.5 Å². The first-order chi connectivity index (χ1) is 14.6. The highest BCUT2D eigenvalue weighted by Crippen LogP contribution is 2.14. The summed E-state index contributed by atoms with van der Waals surface area (Å²) in [5.74, 6) is -1.08. The number of aliphatic imine (C=N–C) groups is 1. The van der Waals surface area contributed by atoms with E-state index >= 15 is 0 Å². The van der Waals surface area contributed by atoms with Crippen molar-refractivity contribution in [3.05, 3.63) is 12.2 Å². The molecular weight excluding hydrogens is 376 g/mol. The van der Waals surface area contributed by atoms with Gasteiger partial charge in [0.25, 0.3) is 0 Å². The Morgan fingerprint density at radius 2 is 1.43 bits per heavy atom. The predicted octanol–water partition coefficient (Wildman–Crippen LogP) is 4.63. The molecule has 0 aromatic rings. The lowest BCUT2D eigenvalue weighted by atomic mass is 10.1. The molecule has 0 aliphatic carbocycles. The van der Waals surface area contributed by atoms with Crippen LogP contribution < -0.4 is 5.11 Å². The molecular formula is C25H48N2O3. The number of carbonyl (C=O) groups excluding carboxylic acids is 1. The molecule has 1 unspecified atom stereocenters. The molecule has 0 radical (unpaired) electrons. The van der Waals surface area contributed by atoms with Gasteiger partial charge in [-0.3, -0.25) is 4.48 Å². The average Bonchev–Trinajstić information content (AvgIpc) is 3.16. The molecule has 0 aromatic heterocycles. The summed E-state index contributed by atoms with van der Waals surface area (Å²) in [5.41, 5.74) is 0. The molecule has 0 aromatic carbocycles. The van der Waals surface area contributed by atoms with Gasteiger partial charge >= 0.3 is 0 Å². The van der Waals surface area contributed by atoms with Crippen LogP contribution in [0.25, 0.3) is 0 Å². The van der Waals surface area contributed by atoms with Crippen molar-refractivity contribution in [1.82, 2.24) is 0 Å². The van der Waals surface area contributed by atoms with Crippen molar-refractivity contribution in [3.8, 4) is 0 Å². The highest BCUT2D eigenvalue weighted by molar-refractivity contribution is 5.60. The van der Waals surface area contributed by atoms with E-state index in [2.05, 4.69) is 30.4 Å². The summed E-state index contributed by atoms with van der Waals surface area (Å²) in [5, 5.41) is 18.1. The van der Waals surface area contributed by atoms with Crippen LogP contribution in [0.4, 0.5) is 0 Å². The number of quaternary nitrogens is 1. The lowest BCUT2D eigenvalue weighted by Crippen LogP contribution is -2.48. The Labute approximate surface area is 185 Å². The summed E-state index contributed by atoms with van der Waals surface area (Å²) in [6.45, 7) is 7.55. The number of allylic oxidation sites excluding steroid dienone is 2. The Kier molecular flexibility index (Phi) is 20.2. The number of hydrogen-bond acceptors (Lipinski definition) is 4. The van der Waals surface area contributed by atoms with Crippen molar-refractivity contribution in [2.45, 2.75) is 104 Å². The summed E-state index contributed by atoms with van der Waals surface area (Å²) in [4.78, 5) is 13.3. The third-order valence-corrected chi connectivity index (χ3v) is 5.66. The molecule has 0 saturated carbocycles. The van der Waals surface area contributed by atoms with Crippen molar-refractivity contribution >= 4 is 12.3 Å². The van der Waals surface area contributed by atoms with Crippen LogP contribution in [0.2, 0.25) is 0 Å². The van der Waals surface area contributed by atoms with Crippen LogP contribution in [0.15, 0.2) is 17.1 Å². The van der Waals surface area contributed by atoms with Crippen molar-refractivity contribution in [2.24, 2.45) is 4.99 Å². The van der Waals surface area contributed by atoms with E-state index in [4.69, 9.17) is 9.90 Å². The van der Waals surface area contributed by atoms with Crippen LogP contribution in [0, 0.1) is 0 Å². The number of nitrogens with zero attached hydrogens (tertiary/aromatic N) is 2. The van der Waals surface area contributed by atoms with Crippen LogP contribution >= 0.6 is 0 Å². The lowest BCUT2D eigenvalue weighted by Gasteiger charge is -2.29. The first-order valence-corrected chi connectivity index (χ1v) is 12.4. The molecule has 0 bridgehead atoms. The van der Waals surface area contributed by atoms with Crippen molar-refractivity contribution in [3.63, 3.8) is 0 Å². The fourth-order valence-electron chi connectivity index (χ4n) is 3.87. The normalized spacial score (nSPS) is 18.0.